The van der Waals surface area contributed by atoms with Crippen LogP contribution < -0.4 is 20.7 Å². The van der Waals surface area contributed by atoms with Crippen molar-refractivity contribution in [3.05, 3.63) is 35.1 Å². The van der Waals surface area contributed by atoms with Gasteiger partial charge in [0.15, 0.2) is 10.9 Å². The number of aromatic nitrogens is 3. The number of halogens is 4. The molecule has 6 rings (SSSR count). The molecule has 0 bridgehead atoms. The average Bonchev–Trinajstić information content (AvgIpc) is 3.21. The Kier molecular flexibility index (Phi) is 7.36. The van der Waals surface area contributed by atoms with Crippen molar-refractivity contribution < 1.29 is 17.9 Å². The molecule has 0 radical (unpaired) electrons. The van der Waals surface area contributed by atoms with Gasteiger partial charge < -0.3 is 25.6 Å². The van der Waals surface area contributed by atoms with Gasteiger partial charge in [-0.15, -0.1) is 0 Å². The number of nitrogen functional groups attached to an aromatic ring is 1. The summed E-state index contributed by atoms with van der Waals surface area (Å²) in [6, 6.07) is 6.84. The lowest BCUT2D eigenvalue weighted by Gasteiger charge is -2.29. The fourth-order valence-electron chi connectivity index (χ4n) is 5.38. The SMILES string of the molecule is CN1CCC(COc2nc(N3CCNCC(F)(F)C3)c3cc(Cl)c(-c4cccc5sc(N)nc45)c(F)c3n2)CC1. The molecule has 212 valence electrons. The average molecular weight is 592 g/mol. The Balaban J connectivity index is 1.48. The zero-order chi connectivity index (χ0) is 28.0. The summed E-state index contributed by atoms with van der Waals surface area (Å²) >= 11 is 7.99. The van der Waals surface area contributed by atoms with Crippen molar-refractivity contribution in [1.82, 2.24) is 25.2 Å². The van der Waals surface area contributed by atoms with Gasteiger partial charge in [-0.2, -0.15) is 9.97 Å². The van der Waals surface area contributed by atoms with Gasteiger partial charge in [-0.25, -0.2) is 18.2 Å². The summed E-state index contributed by atoms with van der Waals surface area (Å²) in [5.41, 5.74) is 6.98. The Bertz CT molecular complexity index is 1560. The smallest absolute Gasteiger partial charge is 0.319 e. The van der Waals surface area contributed by atoms with E-state index in [4.69, 9.17) is 22.1 Å². The van der Waals surface area contributed by atoms with Gasteiger partial charge in [-0.1, -0.05) is 35.1 Å². The van der Waals surface area contributed by atoms with Gasteiger partial charge in [0.25, 0.3) is 5.92 Å². The number of alkyl halides is 2. The molecule has 0 unspecified atom stereocenters. The molecule has 2 saturated heterocycles. The number of anilines is 2. The minimum absolute atomic E-state index is 0.0507. The van der Waals surface area contributed by atoms with Crippen molar-refractivity contribution >= 4 is 55.0 Å². The second-order valence-electron chi connectivity index (χ2n) is 10.5. The Hall–Kier alpha value is -2.93. The number of piperidine rings is 1. The molecule has 8 nitrogen and oxygen atoms in total. The second kappa shape index (κ2) is 10.8. The van der Waals surface area contributed by atoms with Crippen molar-refractivity contribution in [2.75, 3.05) is 63.6 Å². The van der Waals surface area contributed by atoms with Gasteiger partial charge in [0, 0.05) is 29.6 Å². The molecular formula is C27H29ClF3N7OS. The maximum Gasteiger partial charge on any atom is 0.319 e. The van der Waals surface area contributed by atoms with Crippen LogP contribution in [0.1, 0.15) is 12.8 Å². The van der Waals surface area contributed by atoms with E-state index in [1.807, 2.05) is 6.07 Å². The van der Waals surface area contributed by atoms with Crippen LogP contribution >= 0.6 is 22.9 Å². The van der Waals surface area contributed by atoms with E-state index >= 15 is 4.39 Å². The van der Waals surface area contributed by atoms with E-state index < -0.39 is 24.8 Å². The van der Waals surface area contributed by atoms with Crippen LogP contribution in [-0.2, 0) is 0 Å². The summed E-state index contributed by atoms with van der Waals surface area (Å²) in [4.78, 5) is 17.1. The van der Waals surface area contributed by atoms with Gasteiger partial charge in [0.05, 0.1) is 34.9 Å². The highest BCUT2D eigenvalue weighted by Crippen LogP contribution is 2.42. The molecule has 0 amide bonds. The third-order valence-electron chi connectivity index (χ3n) is 7.50. The number of nitrogens with one attached hydrogen (secondary N) is 1. The van der Waals surface area contributed by atoms with Gasteiger partial charge in [0.1, 0.15) is 11.3 Å². The monoisotopic (exact) mass is 591 g/mol. The molecule has 2 aliphatic rings. The van der Waals surface area contributed by atoms with Crippen LogP contribution in [0.25, 0.3) is 32.2 Å². The van der Waals surface area contributed by atoms with Gasteiger partial charge in [-0.3, -0.25) is 0 Å². The van der Waals surface area contributed by atoms with Crippen LogP contribution in [0.4, 0.5) is 24.1 Å². The predicted molar refractivity (Wildman–Crippen MR) is 153 cm³/mol. The minimum Gasteiger partial charge on any atom is -0.463 e. The fourth-order valence-corrected chi connectivity index (χ4v) is 6.44. The number of benzene rings is 2. The number of rotatable bonds is 5. The first-order valence-corrected chi connectivity index (χ1v) is 14.4. The van der Waals surface area contributed by atoms with Crippen molar-refractivity contribution in [3.63, 3.8) is 0 Å². The summed E-state index contributed by atoms with van der Waals surface area (Å²) < 4.78 is 52.5. The zero-order valence-corrected chi connectivity index (χ0v) is 23.5. The van der Waals surface area contributed by atoms with Gasteiger partial charge >= 0.3 is 6.01 Å². The van der Waals surface area contributed by atoms with Crippen molar-refractivity contribution in [2.45, 2.75) is 18.8 Å². The third kappa shape index (κ3) is 5.37. The van der Waals surface area contributed by atoms with E-state index in [9.17, 15) is 8.78 Å². The highest BCUT2D eigenvalue weighted by Gasteiger charge is 2.35. The molecule has 4 aromatic rings. The first kappa shape index (κ1) is 27.3. The molecule has 0 spiro atoms. The molecule has 2 aliphatic heterocycles. The molecule has 40 heavy (non-hydrogen) atoms. The summed E-state index contributed by atoms with van der Waals surface area (Å²) in [5, 5.41) is 3.44. The van der Waals surface area contributed by atoms with Gasteiger partial charge in [-0.05, 0) is 51.0 Å². The van der Waals surface area contributed by atoms with Gasteiger partial charge in [0.2, 0.25) is 0 Å². The highest BCUT2D eigenvalue weighted by atomic mass is 35.5. The molecule has 2 aromatic carbocycles. The molecule has 2 fully saturated rings. The Labute approximate surface area is 238 Å². The van der Waals surface area contributed by atoms with Crippen LogP contribution in [0.3, 0.4) is 0 Å². The zero-order valence-electron chi connectivity index (χ0n) is 21.9. The van der Waals surface area contributed by atoms with E-state index in [0.29, 0.717) is 35.3 Å². The van der Waals surface area contributed by atoms with Crippen molar-refractivity contribution in [3.8, 4) is 17.1 Å². The van der Waals surface area contributed by atoms with Crippen LogP contribution in [0, 0.1) is 11.7 Å². The highest BCUT2D eigenvalue weighted by molar-refractivity contribution is 7.22. The maximum atomic E-state index is 16.5. The molecule has 13 heteroatoms. The van der Waals surface area contributed by atoms with Crippen molar-refractivity contribution in [1.29, 1.82) is 0 Å². The normalized spacial score (nSPS) is 18.9. The molecule has 2 aromatic heterocycles. The number of para-hydroxylation sites is 1. The van der Waals surface area contributed by atoms with E-state index in [1.165, 1.54) is 22.3 Å². The fraction of sp³-hybridized carbons (Fsp3) is 0.444. The number of likely N-dealkylation sites (tertiary alicyclic amines) is 1. The lowest BCUT2D eigenvalue weighted by atomic mass is 9.98. The van der Waals surface area contributed by atoms with Crippen LogP contribution in [0.5, 0.6) is 6.01 Å². The summed E-state index contributed by atoms with van der Waals surface area (Å²) in [7, 11) is 2.08. The number of ether oxygens (including phenoxy) is 1. The lowest BCUT2D eigenvalue weighted by molar-refractivity contribution is 0.0156. The molecule has 0 aliphatic carbocycles. The number of fused-ring (bicyclic) bond motifs is 2. The second-order valence-corrected chi connectivity index (χ2v) is 12.0. The molecule has 4 heterocycles. The van der Waals surface area contributed by atoms with Crippen LogP contribution in [0.15, 0.2) is 24.3 Å². The number of hydrogen-bond acceptors (Lipinski definition) is 9. The van der Waals surface area contributed by atoms with Crippen molar-refractivity contribution in [2.24, 2.45) is 5.92 Å². The Morgan fingerprint density at radius 3 is 2.77 bits per heavy atom. The number of thiazole rings is 1. The first-order valence-electron chi connectivity index (χ1n) is 13.2. The number of nitrogens with two attached hydrogens (primary N) is 1. The van der Waals surface area contributed by atoms with E-state index in [1.54, 1.807) is 12.1 Å². The number of nitrogens with zero attached hydrogens (tertiary/aromatic N) is 5. The van der Waals surface area contributed by atoms with E-state index in [2.05, 4.69) is 32.2 Å². The molecular weight excluding hydrogens is 563 g/mol. The van der Waals surface area contributed by atoms with Crippen LogP contribution in [-0.4, -0.2) is 78.7 Å². The molecule has 3 N–H and O–H groups in total. The maximum absolute atomic E-state index is 16.5. The van der Waals surface area contributed by atoms with E-state index in [-0.39, 0.29) is 39.9 Å². The summed E-state index contributed by atoms with van der Waals surface area (Å²) in [5.74, 6) is -3.25. The lowest BCUT2D eigenvalue weighted by Crippen LogP contribution is -2.39. The largest absolute Gasteiger partial charge is 0.463 e. The first-order chi connectivity index (χ1) is 19.2. The topological polar surface area (TPSA) is 92.4 Å². The Morgan fingerprint density at radius 1 is 1.18 bits per heavy atom. The number of hydrogen-bond donors (Lipinski definition) is 2. The van der Waals surface area contributed by atoms with Crippen LogP contribution in [0.2, 0.25) is 5.02 Å². The standard InChI is InChI=1S/C27H29ClF3N7OS/c1-37-8-5-15(6-9-37)12-39-26-35-23-17(24(36-26)38-10-7-33-13-27(30,31)14-38)11-18(28)20(21(23)29)16-3-2-4-19-22(16)34-25(32)40-19/h2-4,11,15,33H,5-10,12-14H2,1H3,(H2,32,34). The summed E-state index contributed by atoms with van der Waals surface area (Å²) in [6.45, 7) is 1.79. The molecule has 0 saturated carbocycles. The molecule has 0 atom stereocenters. The third-order valence-corrected chi connectivity index (χ3v) is 8.65. The van der Waals surface area contributed by atoms with E-state index in [0.717, 1.165) is 30.6 Å². The Morgan fingerprint density at radius 2 is 1.98 bits per heavy atom. The quantitative estimate of drug-likeness (QED) is 0.333. The minimum atomic E-state index is -3.01. The summed E-state index contributed by atoms with van der Waals surface area (Å²) in [6.07, 6.45) is 1.91. The predicted octanol–water partition coefficient (Wildman–Crippen LogP) is 5.05.